The molecule has 1 aromatic heterocycles. The molecule has 2 N–H and O–H groups in total. The molecule has 3 rings (SSSR count). The van der Waals surface area contributed by atoms with Crippen LogP contribution >= 0.6 is 0 Å². The Kier molecular flexibility index (Phi) is 3.29. The first-order chi connectivity index (χ1) is 9.36. The molecule has 0 fully saturated rings. The molecule has 0 radical (unpaired) electrons. The van der Waals surface area contributed by atoms with Gasteiger partial charge in [0, 0.05) is 12.5 Å². The minimum Gasteiger partial charge on any atom is -0.342 e. The Balaban J connectivity index is 1.86. The van der Waals surface area contributed by atoms with Gasteiger partial charge in [-0.1, -0.05) is 42.5 Å². The summed E-state index contributed by atoms with van der Waals surface area (Å²) in [5.41, 5.74) is 3.41. The predicted octanol–water partition coefficient (Wildman–Crippen LogP) is 3.07. The normalized spacial score (nSPS) is 12.7. The van der Waals surface area contributed by atoms with Crippen molar-refractivity contribution in [3.8, 4) is 0 Å². The number of fused-ring (bicyclic) bond motifs is 1. The van der Waals surface area contributed by atoms with Gasteiger partial charge in [-0.3, -0.25) is 0 Å². The largest absolute Gasteiger partial charge is 0.342 e. The van der Waals surface area contributed by atoms with E-state index in [4.69, 9.17) is 0 Å². The smallest absolute Gasteiger partial charge is 0.109 e. The van der Waals surface area contributed by atoms with Crippen molar-refractivity contribution in [1.82, 2.24) is 15.3 Å². The van der Waals surface area contributed by atoms with Crippen molar-refractivity contribution in [3.63, 3.8) is 0 Å². The third kappa shape index (κ3) is 2.51. The van der Waals surface area contributed by atoms with Crippen LogP contribution in [0.3, 0.4) is 0 Å². The molecule has 1 atom stereocenters. The summed E-state index contributed by atoms with van der Waals surface area (Å²) in [6.45, 7) is 0. The zero-order chi connectivity index (χ0) is 13.1. The van der Waals surface area contributed by atoms with Crippen molar-refractivity contribution in [3.05, 3.63) is 66.0 Å². The van der Waals surface area contributed by atoms with Crippen molar-refractivity contribution < 1.29 is 0 Å². The van der Waals surface area contributed by atoms with Gasteiger partial charge in [-0.15, -0.1) is 0 Å². The molecular weight excluding hydrogens is 234 g/mol. The van der Waals surface area contributed by atoms with E-state index in [1.807, 2.05) is 31.3 Å². The Morgan fingerprint density at radius 3 is 2.53 bits per heavy atom. The fourth-order valence-corrected chi connectivity index (χ4v) is 2.37. The van der Waals surface area contributed by atoms with Crippen molar-refractivity contribution in [2.45, 2.75) is 12.5 Å². The number of nitrogens with zero attached hydrogens (tertiary/aromatic N) is 1. The molecule has 0 aliphatic heterocycles. The van der Waals surface area contributed by atoms with Gasteiger partial charge in [-0.25, -0.2) is 4.98 Å². The lowest BCUT2D eigenvalue weighted by atomic mass is 10.0. The topological polar surface area (TPSA) is 40.7 Å². The van der Waals surface area contributed by atoms with Crippen LogP contribution in [-0.4, -0.2) is 17.0 Å². The Labute approximate surface area is 112 Å². The molecule has 0 aliphatic rings. The van der Waals surface area contributed by atoms with Gasteiger partial charge >= 0.3 is 0 Å². The van der Waals surface area contributed by atoms with E-state index in [0.29, 0.717) is 0 Å². The average molecular weight is 251 g/mol. The number of hydrogen-bond acceptors (Lipinski definition) is 2. The average Bonchev–Trinajstić information content (AvgIpc) is 2.88. The number of hydrogen-bond donors (Lipinski definition) is 2. The molecule has 96 valence electrons. The standard InChI is InChI=1S/C16H17N3/c1-17-15(12-7-3-2-4-8-12)11-16-18-13-9-5-6-10-14(13)19-16/h2-10,15,17H,11H2,1H3,(H,18,19). The number of H-pyrrole nitrogens is 1. The van der Waals surface area contributed by atoms with Gasteiger partial charge < -0.3 is 10.3 Å². The first kappa shape index (κ1) is 11.9. The van der Waals surface area contributed by atoms with Gasteiger partial charge in [0.05, 0.1) is 11.0 Å². The van der Waals surface area contributed by atoms with Crippen molar-refractivity contribution >= 4 is 11.0 Å². The Morgan fingerprint density at radius 1 is 1.05 bits per heavy atom. The van der Waals surface area contributed by atoms with E-state index in [2.05, 4.69) is 45.6 Å². The molecule has 1 heterocycles. The maximum Gasteiger partial charge on any atom is 0.109 e. The minimum atomic E-state index is 0.279. The quantitative estimate of drug-likeness (QED) is 0.748. The molecule has 0 amide bonds. The number of para-hydroxylation sites is 2. The molecule has 0 spiro atoms. The molecule has 3 aromatic rings. The zero-order valence-corrected chi connectivity index (χ0v) is 10.9. The second-order valence-electron chi connectivity index (χ2n) is 4.66. The Morgan fingerprint density at radius 2 is 1.79 bits per heavy atom. The van der Waals surface area contributed by atoms with E-state index < -0.39 is 0 Å². The SMILES string of the molecule is CNC(Cc1nc2ccccc2[nH]1)c1ccccc1. The summed E-state index contributed by atoms with van der Waals surface area (Å²) in [6.07, 6.45) is 0.856. The minimum absolute atomic E-state index is 0.279. The van der Waals surface area contributed by atoms with Crippen LogP contribution in [-0.2, 0) is 6.42 Å². The fourth-order valence-electron chi connectivity index (χ4n) is 2.37. The molecule has 3 nitrogen and oxygen atoms in total. The molecular formula is C16H17N3. The summed E-state index contributed by atoms with van der Waals surface area (Å²) in [5, 5.41) is 3.35. The number of rotatable bonds is 4. The van der Waals surface area contributed by atoms with Gasteiger partial charge in [0.15, 0.2) is 0 Å². The van der Waals surface area contributed by atoms with E-state index in [1.54, 1.807) is 0 Å². The highest BCUT2D eigenvalue weighted by Gasteiger charge is 2.12. The van der Waals surface area contributed by atoms with E-state index >= 15 is 0 Å². The van der Waals surface area contributed by atoms with Crippen LogP contribution in [0, 0.1) is 0 Å². The van der Waals surface area contributed by atoms with Crippen LogP contribution in [0.25, 0.3) is 11.0 Å². The van der Waals surface area contributed by atoms with E-state index in [9.17, 15) is 0 Å². The van der Waals surface area contributed by atoms with Crippen LogP contribution in [0.1, 0.15) is 17.4 Å². The maximum atomic E-state index is 4.63. The van der Waals surface area contributed by atoms with Crippen molar-refractivity contribution in [2.75, 3.05) is 7.05 Å². The number of aromatic amines is 1. The highest BCUT2D eigenvalue weighted by atomic mass is 14.9. The zero-order valence-electron chi connectivity index (χ0n) is 10.9. The molecule has 1 unspecified atom stereocenters. The fraction of sp³-hybridized carbons (Fsp3) is 0.188. The number of nitrogens with one attached hydrogen (secondary N) is 2. The third-order valence-electron chi connectivity index (χ3n) is 3.39. The number of aromatic nitrogens is 2. The van der Waals surface area contributed by atoms with E-state index in [0.717, 1.165) is 23.3 Å². The number of benzene rings is 2. The van der Waals surface area contributed by atoms with Gasteiger partial charge in [0.2, 0.25) is 0 Å². The second kappa shape index (κ2) is 5.24. The van der Waals surface area contributed by atoms with Crippen LogP contribution in [0.4, 0.5) is 0 Å². The lowest BCUT2D eigenvalue weighted by Gasteiger charge is -2.14. The molecule has 0 saturated carbocycles. The maximum absolute atomic E-state index is 4.63. The van der Waals surface area contributed by atoms with Crippen molar-refractivity contribution in [2.24, 2.45) is 0 Å². The molecule has 0 aliphatic carbocycles. The summed E-state index contributed by atoms with van der Waals surface area (Å²) in [5.74, 6) is 1.02. The van der Waals surface area contributed by atoms with Gasteiger partial charge in [-0.05, 0) is 24.7 Å². The van der Waals surface area contributed by atoms with Gasteiger partial charge in [0.25, 0.3) is 0 Å². The van der Waals surface area contributed by atoms with Crippen LogP contribution in [0.5, 0.6) is 0 Å². The summed E-state index contributed by atoms with van der Waals surface area (Å²) in [4.78, 5) is 8.01. The highest BCUT2D eigenvalue weighted by Crippen LogP contribution is 2.18. The molecule has 3 heteroatoms. The van der Waals surface area contributed by atoms with Gasteiger partial charge in [-0.2, -0.15) is 0 Å². The first-order valence-electron chi connectivity index (χ1n) is 6.52. The van der Waals surface area contributed by atoms with Crippen LogP contribution in [0.2, 0.25) is 0 Å². The summed E-state index contributed by atoms with van der Waals surface area (Å²) < 4.78 is 0. The Bertz CT molecular complexity index is 625. The monoisotopic (exact) mass is 251 g/mol. The lowest BCUT2D eigenvalue weighted by molar-refractivity contribution is 0.579. The third-order valence-corrected chi connectivity index (χ3v) is 3.39. The molecule has 19 heavy (non-hydrogen) atoms. The second-order valence-corrected chi connectivity index (χ2v) is 4.66. The van der Waals surface area contributed by atoms with Crippen LogP contribution in [0.15, 0.2) is 54.6 Å². The number of likely N-dealkylation sites (N-methyl/N-ethyl adjacent to an activating group) is 1. The summed E-state index contributed by atoms with van der Waals surface area (Å²) in [6, 6.07) is 18.9. The molecule has 0 saturated heterocycles. The van der Waals surface area contributed by atoms with Gasteiger partial charge in [0.1, 0.15) is 5.82 Å². The Hall–Kier alpha value is -2.13. The van der Waals surface area contributed by atoms with Crippen LogP contribution < -0.4 is 5.32 Å². The van der Waals surface area contributed by atoms with E-state index in [-0.39, 0.29) is 6.04 Å². The van der Waals surface area contributed by atoms with Crippen molar-refractivity contribution in [1.29, 1.82) is 0 Å². The predicted molar refractivity (Wildman–Crippen MR) is 78.0 cm³/mol. The number of imidazole rings is 1. The highest BCUT2D eigenvalue weighted by molar-refractivity contribution is 5.74. The molecule has 2 aromatic carbocycles. The van der Waals surface area contributed by atoms with E-state index in [1.165, 1.54) is 5.56 Å². The lowest BCUT2D eigenvalue weighted by Crippen LogP contribution is -2.19. The summed E-state index contributed by atoms with van der Waals surface area (Å²) in [7, 11) is 1.99. The summed E-state index contributed by atoms with van der Waals surface area (Å²) >= 11 is 0. The first-order valence-corrected chi connectivity index (χ1v) is 6.52. The molecule has 0 bridgehead atoms.